The van der Waals surface area contributed by atoms with E-state index in [9.17, 15) is 4.39 Å². The molecule has 0 radical (unpaired) electrons. The third kappa shape index (κ3) is 4.19. The van der Waals surface area contributed by atoms with E-state index in [1.807, 2.05) is 38.1 Å². The summed E-state index contributed by atoms with van der Waals surface area (Å²) in [6.45, 7) is 3.93. The van der Waals surface area contributed by atoms with Crippen LogP contribution in [0.5, 0.6) is 5.75 Å². The van der Waals surface area contributed by atoms with Crippen LogP contribution in [0.2, 0.25) is 5.02 Å². The Morgan fingerprint density at radius 3 is 2.57 bits per heavy atom. The maximum atomic E-state index is 13.8. The Labute approximate surface area is 129 Å². The highest BCUT2D eigenvalue weighted by Crippen LogP contribution is 2.26. The van der Waals surface area contributed by atoms with Crippen molar-refractivity contribution < 1.29 is 9.13 Å². The average Bonchev–Trinajstić information content (AvgIpc) is 2.42. The number of nitrogens with two attached hydrogens (primary N) is 1. The Bertz CT molecular complexity index is 595. The van der Waals surface area contributed by atoms with Crippen molar-refractivity contribution in [2.24, 2.45) is 5.73 Å². The number of benzene rings is 2. The van der Waals surface area contributed by atoms with E-state index >= 15 is 0 Å². The highest BCUT2D eigenvalue weighted by Gasteiger charge is 2.14. The lowest BCUT2D eigenvalue weighted by Gasteiger charge is -2.16. The minimum absolute atomic E-state index is 0.0949. The van der Waals surface area contributed by atoms with Crippen molar-refractivity contribution in [3.8, 4) is 5.75 Å². The van der Waals surface area contributed by atoms with Crippen LogP contribution in [0.25, 0.3) is 0 Å². The fraction of sp³-hybridized carbons (Fsp3) is 0.294. The summed E-state index contributed by atoms with van der Waals surface area (Å²) in [6, 6.07) is 11.9. The summed E-state index contributed by atoms with van der Waals surface area (Å²) in [5.41, 5.74) is 7.53. The summed E-state index contributed by atoms with van der Waals surface area (Å²) >= 11 is 6.04. The molecule has 1 unspecified atom stereocenters. The van der Waals surface area contributed by atoms with Crippen LogP contribution in [0.15, 0.2) is 42.5 Å². The summed E-state index contributed by atoms with van der Waals surface area (Å²) in [7, 11) is 0. The second-order valence-corrected chi connectivity index (χ2v) is 5.66. The van der Waals surface area contributed by atoms with Crippen LogP contribution < -0.4 is 10.5 Å². The predicted molar refractivity (Wildman–Crippen MR) is 84.2 cm³/mol. The number of hydrogen-bond donors (Lipinski definition) is 1. The summed E-state index contributed by atoms with van der Waals surface area (Å²) in [5.74, 6) is 0.435. The van der Waals surface area contributed by atoms with Crippen LogP contribution in [0.4, 0.5) is 4.39 Å². The summed E-state index contributed by atoms with van der Waals surface area (Å²) in [4.78, 5) is 0. The van der Waals surface area contributed by atoms with Crippen LogP contribution in [0.3, 0.4) is 0 Å². The van der Waals surface area contributed by atoms with E-state index in [0.717, 1.165) is 11.3 Å². The third-order valence-electron chi connectivity index (χ3n) is 3.14. The first kappa shape index (κ1) is 15.8. The highest BCUT2D eigenvalue weighted by molar-refractivity contribution is 6.31. The van der Waals surface area contributed by atoms with Gasteiger partial charge in [0.25, 0.3) is 0 Å². The molecule has 0 bridgehead atoms. The molecule has 0 aliphatic carbocycles. The Hall–Kier alpha value is -1.58. The van der Waals surface area contributed by atoms with Crippen LogP contribution in [-0.2, 0) is 6.42 Å². The van der Waals surface area contributed by atoms with E-state index in [0.29, 0.717) is 17.0 Å². The van der Waals surface area contributed by atoms with Gasteiger partial charge in [-0.15, -0.1) is 0 Å². The maximum absolute atomic E-state index is 13.8. The molecule has 21 heavy (non-hydrogen) atoms. The minimum atomic E-state index is -0.338. The summed E-state index contributed by atoms with van der Waals surface area (Å²) in [6.07, 6.45) is 0.439. The fourth-order valence-corrected chi connectivity index (χ4v) is 2.40. The molecule has 112 valence electrons. The Morgan fingerprint density at radius 2 is 1.90 bits per heavy atom. The van der Waals surface area contributed by atoms with E-state index in [4.69, 9.17) is 22.1 Å². The van der Waals surface area contributed by atoms with Gasteiger partial charge >= 0.3 is 0 Å². The molecule has 0 saturated carbocycles. The molecule has 0 amide bonds. The first-order valence-electron chi connectivity index (χ1n) is 6.92. The molecule has 0 aliphatic heterocycles. The van der Waals surface area contributed by atoms with Crippen molar-refractivity contribution in [3.63, 3.8) is 0 Å². The van der Waals surface area contributed by atoms with Crippen molar-refractivity contribution in [1.82, 2.24) is 0 Å². The highest BCUT2D eigenvalue weighted by atomic mass is 35.5. The van der Waals surface area contributed by atoms with Crippen molar-refractivity contribution in [1.29, 1.82) is 0 Å². The second-order valence-electron chi connectivity index (χ2n) is 5.25. The van der Waals surface area contributed by atoms with Crippen LogP contribution >= 0.6 is 11.6 Å². The van der Waals surface area contributed by atoms with E-state index < -0.39 is 0 Å². The first-order chi connectivity index (χ1) is 9.97. The summed E-state index contributed by atoms with van der Waals surface area (Å²) in [5, 5.41) is 0.403. The minimum Gasteiger partial charge on any atom is -0.491 e. The van der Waals surface area contributed by atoms with E-state index in [-0.39, 0.29) is 18.0 Å². The van der Waals surface area contributed by atoms with Gasteiger partial charge in [-0.1, -0.05) is 29.8 Å². The lowest BCUT2D eigenvalue weighted by Crippen LogP contribution is -2.15. The van der Waals surface area contributed by atoms with Gasteiger partial charge in [-0.2, -0.15) is 0 Å². The van der Waals surface area contributed by atoms with Gasteiger partial charge in [0.2, 0.25) is 0 Å². The molecule has 2 aromatic rings. The van der Waals surface area contributed by atoms with Gasteiger partial charge in [0.05, 0.1) is 6.10 Å². The number of ether oxygens (including phenoxy) is 1. The van der Waals surface area contributed by atoms with Gasteiger partial charge in [0.15, 0.2) is 0 Å². The second kappa shape index (κ2) is 6.92. The standard InChI is InChI=1S/C17H19ClFNO/c1-11(2)21-13-6-3-5-12(9-13)17(20)10-14-15(18)7-4-8-16(14)19/h3-9,11,17H,10,20H2,1-2H3. The van der Waals surface area contributed by atoms with Crippen molar-refractivity contribution in [2.45, 2.75) is 32.4 Å². The third-order valence-corrected chi connectivity index (χ3v) is 3.50. The molecule has 1 atom stereocenters. The van der Waals surface area contributed by atoms with Crippen molar-refractivity contribution in [2.75, 3.05) is 0 Å². The topological polar surface area (TPSA) is 35.2 Å². The molecule has 0 aliphatic rings. The van der Waals surface area contributed by atoms with E-state index in [1.165, 1.54) is 6.07 Å². The number of rotatable bonds is 5. The average molecular weight is 308 g/mol. The van der Waals surface area contributed by atoms with Gasteiger partial charge in [0.1, 0.15) is 11.6 Å². The van der Waals surface area contributed by atoms with Gasteiger partial charge in [-0.05, 0) is 50.1 Å². The zero-order valence-electron chi connectivity index (χ0n) is 12.1. The molecule has 0 saturated heterocycles. The van der Waals surface area contributed by atoms with Gasteiger partial charge in [0, 0.05) is 16.6 Å². The van der Waals surface area contributed by atoms with Crippen LogP contribution in [-0.4, -0.2) is 6.10 Å². The summed E-state index contributed by atoms with van der Waals surface area (Å²) < 4.78 is 19.5. The van der Waals surface area contributed by atoms with Gasteiger partial charge < -0.3 is 10.5 Å². The van der Waals surface area contributed by atoms with Gasteiger partial charge in [-0.25, -0.2) is 4.39 Å². The van der Waals surface area contributed by atoms with Crippen molar-refractivity contribution >= 4 is 11.6 Å². The Morgan fingerprint density at radius 1 is 1.19 bits per heavy atom. The molecule has 0 spiro atoms. The molecule has 2 aromatic carbocycles. The Kier molecular flexibility index (Phi) is 5.21. The lowest BCUT2D eigenvalue weighted by molar-refractivity contribution is 0.242. The quantitative estimate of drug-likeness (QED) is 0.882. The predicted octanol–water partition coefficient (Wildman–Crippen LogP) is 4.51. The molecule has 4 heteroatoms. The zero-order valence-corrected chi connectivity index (χ0v) is 12.9. The molecular formula is C17H19ClFNO. The van der Waals surface area contributed by atoms with Gasteiger partial charge in [-0.3, -0.25) is 0 Å². The smallest absolute Gasteiger partial charge is 0.127 e. The molecule has 2 nitrogen and oxygen atoms in total. The van der Waals surface area contributed by atoms with Crippen LogP contribution in [0.1, 0.15) is 31.0 Å². The fourth-order valence-electron chi connectivity index (χ4n) is 2.16. The monoisotopic (exact) mass is 307 g/mol. The van der Waals surface area contributed by atoms with E-state index in [2.05, 4.69) is 0 Å². The molecule has 2 rings (SSSR count). The Balaban J connectivity index is 2.18. The lowest BCUT2D eigenvalue weighted by atomic mass is 9.99. The maximum Gasteiger partial charge on any atom is 0.127 e. The van der Waals surface area contributed by atoms with E-state index in [1.54, 1.807) is 12.1 Å². The molecule has 0 heterocycles. The zero-order chi connectivity index (χ0) is 15.4. The molecule has 2 N–H and O–H groups in total. The largest absolute Gasteiger partial charge is 0.491 e. The number of halogens is 2. The van der Waals surface area contributed by atoms with Crippen LogP contribution in [0, 0.1) is 5.82 Å². The molecular weight excluding hydrogens is 289 g/mol. The number of hydrogen-bond acceptors (Lipinski definition) is 2. The van der Waals surface area contributed by atoms with Crippen molar-refractivity contribution in [3.05, 3.63) is 64.4 Å². The SMILES string of the molecule is CC(C)Oc1cccc(C(N)Cc2c(F)cccc2Cl)c1. The molecule has 0 aromatic heterocycles. The normalized spacial score (nSPS) is 12.5. The molecule has 0 fully saturated rings. The first-order valence-corrected chi connectivity index (χ1v) is 7.30.